The van der Waals surface area contributed by atoms with Crippen LogP contribution in [0.4, 0.5) is 0 Å². The number of hydrogen-bond acceptors (Lipinski definition) is 3. The molecule has 0 amide bonds. The predicted molar refractivity (Wildman–Crippen MR) is 79.3 cm³/mol. The fourth-order valence-corrected chi connectivity index (χ4v) is 2.76. The van der Waals surface area contributed by atoms with Crippen molar-refractivity contribution in [2.24, 2.45) is 5.73 Å². The summed E-state index contributed by atoms with van der Waals surface area (Å²) < 4.78 is 0. The summed E-state index contributed by atoms with van der Waals surface area (Å²) in [5.41, 5.74) is 7.52. The van der Waals surface area contributed by atoms with Crippen LogP contribution in [0.3, 0.4) is 0 Å². The number of nitrogens with zero attached hydrogens (tertiary/aromatic N) is 1. The second kappa shape index (κ2) is 6.71. The van der Waals surface area contributed by atoms with E-state index in [0.29, 0.717) is 12.6 Å². The van der Waals surface area contributed by atoms with Gasteiger partial charge in [-0.25, -0.2) is 0 Å². The number of halogens is 1. The van der Waals surface area contributed by atoms with Crippen LogP contribution in [0.2, 0.25) is 5.02 Å². The highest BCUT2D eigenvalue weighted by atomic mass is 35.5. The Kier molecular flexibility index (Phi) is 5.22. The normalized spacial score (nSPS) is 18.6. The summed E-state index contributed by atoms with van der Waals surface area (Å²) in [5.74, 6) is 0. The molecular weight excluding hydrogens is 260 g/mol. The monoisotopic (exact) mass is 282 g/mol. The van der Waals surface area contributed by atoms with E-state index in [-0.39, 0.29) is 18.7 Å². The van der Waals surface area contributed by atoms with Gasteiger partial charge in [-0.05, 0) is 37.0 Å². The van der Waals surface area contributed by atoms with Gasteiger partial charge < -0.3 is 10.8 Å². The van der Waals surface area contributed by atoms with Crippen molar-refractivity contribution in [3.05, 3.63) is 34.9 Å². The van der Waals surface area contributed by atoms with Crippen LogP contribution in [0, 0.1) is 0 Å². The van der Waals surface area contributed by atoms with E-state index >= 15 is 0 Å². The molecule has 0 aromatic heterocycles. The highest BCUT2D eigenvalue weighted by molar-refractivity contribution is 6.30. The maximum absolute atomic E-state index is 9.30. The van der Waals surface area contributed by atoms with Crippen LogP contribution < -0.4 is 5.73 Å². The van der Waals surface area contributed by atoms with Crippen LogP contribution in [0.5, 0.6) is 0 Å². The van der Waals surface area contributed by atoms with E-state index in [9.17, 15) is 5.11 Å². The molecule has 2 unspecified atom stereocenters. The Morgan fingerprint density at radius 3 is 2.47 bits per heavy atom. The molecule has 1 aliphatic rings. The molecule has 0 aliphatic heterocycles. The van der Waals surface area contributed by atoms with E-state index in [4.69, 9.17) is 17.3 Å². The van der Waals surface area contributed by atoms with Gasteiger partial charge in [0.15, 0.2) is 0 Å². The van der Waals surface area contributed by atoms with Crippen molar-refractivity contribution < 1.29 is 5.11 Å². The quantitative estimate of drug-likeness (QED) is 0.808. The van der Waals surface area contributed by atoms with Crippen LogP contribution in [0.15, 0.2) is 24.3 Å². The first kappa shape index (κ1) is 14.8. The Hall–Kier alpha value is -0.610. The second-order valence-electron chi connectivity index (χ2n) is 5.26. The van der Waals surface area contributed by atoms with Gasteiger partial charge in [-0.2, -0.15) is 0 Å². The number of aliphatic hydroxyl groups is 1. The molecule has 19 heavy (non-hydrogen) atoms. The molecular formula is C15H23ClN2O. The van der Waals surface area contributed by atoms with Gasteiger partial charge >= 0.3 is 0 Å². The fraction of sp³-hybridized carbons (Fsp3) is 0.600. The van der Waals surface area contributed by atoms with Crippen molar-refractivity contribution in [3.63, 3.8) is 0 Å². The summed E-state index contributed by atoms with van der Waals surface area (Å²) in [6.07, 6.45) is 3.34. The molecule has 2 atom stereocenters. The van der Waals surface area contributed by atoms with Crippen molar-refractivity contribution in [2.45, 2.75) is 44.3 Å². The highest BCUT2D eigenvalue weighted by Gasteiger charge is 2.36. The topological polar surface area (TPSA) is 49.5 Å². The lowest BCUT2D eigenvalue weighted by molar-refractivity contribution is 0.124. The fourth-order valence-electron chi connectivity index (χ4n) is 2.64. The van der Waals surface area contributed by atoms with Crippen LogP contribution in [-0.2, 0) is 0 Å². The van der Waals surface area contributed by atoms with E-state index in [1.165, 1.54) is 18.4 Å². The lowest BCUT2D eigenvalue weighted by Gasteiger charge is -2.35. The molecule has 0 spiro atoms. The third-order valence-corrected chi connectivity index (χ3v) is 4.07. The van der Waals surface area contributed by atoms with Gasteiger partial charge in [-0.1, -0.05) is 30.7 Å². The molecule has 1 aromatic carbocycles. The molecule has 3 nitrogen and oxygen atoms in total. The average Bonchev–Trinajstić information content (AvgIpc) is 3.24. The van der Waals surface area contributed by atoms with Crippen LogP contribution in [0.1, 0.15) is 37.8 Å². The minimum atomic E-state index is 0.0772. The minimum absolute atomic E-state index is 0.0772. The molecule has 1 aromatic rings. The Balaban J connectivity index is 2.25. The Morgan fingerprint density at radius 1 is 1.37 bits per heavy atom. The van der Waals surface area contributed by atoms with Gasteiger partial charge in [-0.15, -0.1) is 0 Å². The first-order valence-corrected chi connectivity index (χ1v) is 7.42. The van der Waals surface area contributed by atoms with Crippen LogP contribution in [-0.4, -0.2) is 35.2 Å². The predicted octanol–water partition coefficient (Wildman–Crippen LogP) is 2.58. The van der Waals surface area contributed by atoms with Gasteiger partial charge in [0.1, 0.15) is 0 Å². The van der Waals surface area contributed by atoms with Gasteiger partial charge in [0.2, 0.25) is 0 Å². The summed E-state index contributed by atoms with van der Waals surface area (Å²) in [6.45, 7) is 2.97. The summed E-state index contributed by atoms with van der Waals surface area (Å²) >= 11 is 5.96. The van der Waals surface area contributed by atoms with Gasteiger partial charge in [-0.3, -0.25) is 4.90 Å². The van der Waals surface area contributed by atoms with E-state index in [1.54, 1.807) is 0 Å². The number of benzene rings is 1. The lowest BCUT2D eigenvalue weighted by Crippen LogP contribution is -2.43. The van der Waals surface area contributed by atoms with Crippen molar-refractivity contribution in [2.75, 3.05) is 13.2 Å². The van der Waals surface area contributed by atoms with Gasteiger partial charge in [0.25, 0.3) is 0 Å². The zero-order valence-electron chi connectivity index (χ0n) is 11.4. The van der Waals surface area contributed by atoms with Crippen molar-refractivity contribution in [1.82, 2.24) is 4.90 Å². The molecule has 3 N–H and O–H groups in total. The third-order valence-electron chi connectivity index (χ3n) is 3.82. The number of rotatable bonds is 7. The molecule has 1 fully saturated rings. The van der Waals surface area contributed by atoms with E-state index in [2.05, 4.69) is 24.0 Å². The maximum Gasteiger partial charge on any atom is 0.0558 e. The number of aliphatic hydroxyl groups excluding tert-OH is 1. The van der Waals surface area contributed by atoms with E-state index in [1.807, 2.05) is 12.1 Å². The van der Waals surface area contributed by atoms with Crippen molar-refractivity contribution >= 4 is 11.6 Å². The summed E-state index contributed by atoms with van der Waals surface area (Å²) in [7, 11) is 0. The summed E-state index contributed by atoms with van der Waals surface area (Å²) in [6, 6.07) is 8.75. The Morgan fingerprint density at radius 2 is 2.00 bits per heavy atom. The first-order valence-electron chi connectivity index (χ1n) is 7.05. The Bertz CT molecular complexity index is 392. The largest absolute Gasteiger partial charge is 0.395 e. The van der Waals surface area contributed by atoms with E-state index in [0.717, 1.165) is 11.4 Å². The zero-order chi connectivity index (χ0) is 13.8. The lowest BCUT2D eigenvalue weighted by atomic mass is 9.96. The SMILES string of the molecule is CCC(N)C(c1ccc(Cl)cc1)N(CCO)C1CC1. The minimum Gasteiger partial charge on any atom is -0.395 e. The molecule has 0 saturated heterocycles. The molecule has 1 aliphatic carbocycles. The van der Waals surface area contributed by atoms with Gasteiger partial charge in [0.05, 0.1) is 12.6 Å². The molecule has 2 rings (SSSR count). The van der Waals surface area contributed by atoms with E-state index < -0.39 is 0 Å². The molecule has 4 heteroatoms. The van der Waals surface area contributed by atoms with Crippen LogP contribution >= 0.6 is 11.6 Å². The number of nitrogens with two attached hydrogens (primary N) is 1. The van der Waals surface area contributed by atoms with Gasteiger partial charge in [0, 0.05) is 23.7 Å². The molecule has 0 bridgehead atoms. The summed E-state index contributed by atoms with van der Waals surface area (Å²) in [4.78, 5) is 2.36. The maximum atomic E-state index is 9.30. The van der Waals surface area contributed by atoms with Crippen molar-refractivity contribution in [1.29, 1.82) is 0 Å². The van der Waals surface area contributed by atoms with Crippen molar-refractivity contribution in [3.8, 4) is 0 Å². The van der Waals surface area contributed by atoms with Crippen LogP contribution in [0.25, 0.3) is 0 Å². The smallest absolute Gasteiger partial charge is 0.0558 e. The number of hydrogen-bond donors (Lipinski definition) is 2. The third kappa shape index (κ3) is 3.69. The standard InChI is InChI=1S/C15H23ClN2O/c1-2-14(17)15(11-3-5-12(16)6-4-11)18(9-10-19)13-7-8-13/h3-6,13-15,19H,2,7-10,17H2,1H3. The zero-order valence-corrected chi connectivity index (χ0v) is 12.2. The molecule has 1 saturated carbocycles. The second-order valence-corrected chi connectivity index (χ2v) is 5.70. The molecule has 0 radical (unpaired) electrons. The molecule has 0 heterocycles. The average molecular weight is 283 g/mol. The highest BCUT2D eigenvalue weighted by Crippen LogP contribution is 2.36. The summed E-state index contributed by atoms with van der Waals surface area (Å²) in [5, 5.41) is 10.0. The Labute approximate surface area is 120 Å². The molecule has 106 valence electrons. The first-order chi connectivity index (χ1) is 9.17.